The lowest BCUT2D eigenvalue weighted by molar-refractivity contribution is 0.0168. The number of primary amides is 1. The molecule has 29 heavy (non-hydrogen) atoms. The summed E-state index contributed by atoms with van der Waals surface area (Å²) < 4.78 is 7.04. The van der Waals surface area contributed by atoms with Crippen LogP contribution in [0.25, 0.3) is 11.3 Å². The van der Waals surface area contributed by atoms with E-state index in [0.717, 1.165) is 12.8 Å². The van der Waals surface area contributed by atoms with Crippen LogP contribution in [0.15, 0.2) is 24.3 Å². The zero-order valence-corrected chi connectivity index (χ0v) is 16.9. The Morgan fingerprint density at radius 1 is 1.24 bits per heavy atom. The molecular formula is C20H27N5O4. The molecule has 0 spiro atoms. The predicted molar refractivity (Wildman–Crippen MR) is 108 cm³/mol. The first-order valence-corrected chi connectivity index (χ1v) is 9.52. The first kappa shape index (κ1) is 20.5. The zero-order valence-electron chi connectivity index (χ0n) is 16.9. The molecule has 156 valence electrons. The van der Waals surface area contributed by atoms with E-state index < -0.39 is 11.5 Å². The minimum Gasteiger partial charge on any atom is -0.508 e. The molecule has 1 aromatic carbocycles. The molecule has 1 aliphatic rings. The van der Waals surface area contributed by atoms with Gasteiger partial charge in [-0.15, -0.1) is 0 Å². The topological polar surface area (TPSA) is 137 Å². The molecule has 0 saturated carbocycles. The van der Waals surface area contributed by atoms with Crippen LogP contribution in [0.3, 0.4) is 0 Å². The highest BCUT2D eigenvalue weighted by molar-refractivity contribution is 6.03. The number of anilines is 1. The van der Waals surface area contributed by atoms with Crippen LogP contribution in [-0.2, 0) is 4.74 Å². The molecule has 0 aliphatic carbocycles. The van der Waals surface area contributed by atoms with Crippen molar-refractivity contribution in [2.24, 2.45) is 5.73 Å². The highest BCUT2D eigenvalue weighted by Crippen LogP contribution is 2.32. The van der Waals surface area contributed by atoms with E-state index in [9.17, 15) is 14.7 Å². The number of aromatic hydroxyl groups is 1. The van der Waals surface area contributed by atoms with Crippen molar-refractivity contribution in [2.45, 2.75) is 45.3 Å². The Labute approximate surface area is 169 Å². The minimum atomic E-state index is -0.684. The van der Waals surface area contributed by atoms with Crippen LogP contribution < -0.4 is 11.5 Å². The van der Waals surface area contributed by atoms with Gasteiger partial charge in [0.2, 0.25) is 0 Å². The van der Waals surface area contributed by atoms with Crippen molar-refractivity contribution in [3.63, 3.8) is 0 Å². The van der Waals surface area contributed by atoms with E-state index >= 15 is 0 Å². The number of phenols is 1. The van der Waals surface area contributed by atoms with Crippen LogP contribution in [0, 0.1) is 0 Å². The van der Waals surface area contributed by atoms with E-state index in [1.807, 2.05) is 20.8 Å². The molecular weight excluding hydrogens is 374 g/mol. The van der Waals surface area contributed by atoms with Crippen LogP contribution in [0.4, 0.5) is 10.6 Å². The molecule has 5 N–H and O–H groups in total. The Morgan fingerprint density at radius 2 is 1.90 bits per heavy atom. The van der Waals surface area contributed by atoms with Crippen molar-refractivity contribution in [3.8, 4) is 17.0 Å². The number of benzene rings is 1. The van der Waals surface area contributed by atoms with Crippen molar-refractivity contribution in [1.82, 2.24) is 14.7 Å². The van der Waals surface area contributed by atoms with E-state index in [2.05, 4.69) is 5.10 Å². The fraction of sp³-hybridized carbons (Fsp3) is 0.450. The molecule has 1 atom stereocenters. The Bertz CT molecular complexity index is 914. The molecule has 1 aromatic heterocycles. The molecule has 2 aromatic rings. The van der Waals surface area contributed by atoms with Gasteiger partial charge in [0.1, 0.15) is 28.4 Å². The molecule has 1 fully saturated rings. The van der Waals surface area contributed by atoms with Crippen LogP contribution >= 0.6 is 0 Å². The van der Waals surface area contributed by atoms with Gasteiger partial charge in [-0.2, -0.15) is 5.10 Å². The minimum absolute atomic E-state index is 0.0991. The SMILES string of the molecule is CC(C)(C)OC(=O)N1CCCC(n2nc(-c3ccc(O)cc3)c(C(N)=O)c2N)C1. The second-order valence-corrected chi connectivity index (χ2v) is 8.19. The van der Waals surface area contributed by atoms with Gasteiger partial charge in [0.05, 0.1) is 6.04 Å². The molecule has 2 heterocycles. The number of carbonyl (C=O) groups excluding carboxylic acids is 2. The van der Waals surface area contributed by atoms with Gasteiger partial charge in [-0.1, -0.05) is 0 Å². The summed E-state index contributed by atoms with van der Waals surface area (Å²) in [6.07, 6.45) is 1.11. The molecule has 1 unspecified atom stereocenters. The summed E-state index contributed by atoms with van der Waals surface area (Å²) in [4.78, 5) is 26.1. The maximum Gasteiger partial charge on any atom is 0.410 e. The third-order valence-electron chi connectivity index (χ3n) is 4.73. The highest BCUT2D eigenvalue weighted by atomic mass is 16.6. The van der Waals surface area contributed by atoms with Crippen molar-refractivity contribution in [1.29, 1.82) is 0 Å². The molecule has 0 radical (unpaired) electrons. The van der Waals surface area contributed by atoms with Gasteiger partial charge in [0, 0.05) is 18.7 Å². The number of nitrogen functional groups attached to an aromatic ring is 1. The zero-order chi connectivity index (χ0) is 21.3. The largest absolute Gasteiger partial charge is 0.508 e. The molecule has 0 bridgehead atoms. The molecule has 9 heteroatoms. The first-order chi connectivity index (χ1) is 13.6. The van der Waals surface area contributed by atoms with Gasteiger partial charge in [-0.25, -0.2) is 9.48 Å². The maximum absolute atomic E-state index is 12.5. The van der Waals surface area contributed by atoms with Crippen molar-refractivity contribution >= 4 is 17.8 Å². The monoisotopic (exact) mass is 401 g/mol. The van der Waals surface area contributed by atoms with Crippen LogP contribution in [-0.4, -0.2) is 50.5 Å². The second-order valence-electron chi connectivity index (χ2n) is 8.19. The summed E-state index contributed by atoms with van der Waals surface area (Å²) in [5.41, 5.74) is 12.3. The number of amides is 2. The Balaban J connectivity index is 1.92. The Hall–Kier alpha value is -3.23. The average molecular weight is 401 g/mol. The molecule has 2 amide bonds. The number of piperidine rings is 1. The van der Waals surface area contributed by atoms with E-state index in [-0.39, 0.29) is 29.3 Å². The number of likely N-dealkylation sites (tertiary alicyclic amines) is 1. The summed E-state index contributed by atoms with van der Waals surface area (Å²) in [5.74, 6) is -0.421. The quantitative estimate of drug-likeness (QED) is 0.723. The Morgan fingerprint density at radius 3 is 2.48 bits per heavy atom. The Kier molecular flexibility index (Phi) is 5.41. The lowest BCUT2D eigenvalue weighted by Crippen LogP contribution is -2.43. The maximum atomic E-state index is 12.5. The van der Waals surface area contributed by atoms with Crippen LogP contribution in [0.1, 0.15) is 50.0 Å². The number of nitrogens with zero attached hydrogens (tertiary/aromatic N) is 3. The van der Waals surface area contributed by atoms with E-state index in [1.54, 1.807) is 21.7 Å². The van der Waals surface area contributed by atoms with Crippen molar-refractivity contribution < 1.29 is 19.4 Å². The average Bonchev–Trinajstić information content (AvgIpc) is 2.98. The summed E-state index contributed by atoms with van der Waals surface area (Å²) in [7, 11) is 0. The fourth-order valence-corrected chi connectivity index (χ4v) is 3.44. The van der Waals surface area contributed by atoms with Gasteiger partial charge in [-0.3, -0.25) is 4.79 Å². The highest BCUT2D eigenvalue weighted by Gasteiger charge is 2.32. The van der Waals surface area contributed by atoms with Gasteiger partial charge < -0.3 is 26.2 Å². The standard InChI is InChI=1S/C20H27N5O4/c1-20(2,3)29-19(28)24-10-4-5-13(11-24)25-17(21)15(18(22)27)16(23-25)12-6-8-14(26)9-7-12/h6-9,13,26H,4-5,10-11,21H2,1-3H3,(H2,22,27). The van der Waals surface area contributed by atoms with E-state index in [4.69, 9.17) is 16.2 Å². The number of aromatic nitrogens is 2. The van der Waals surface area contributed by atoms with Gasteiger partial charge in [-0.05, 0) is 57.9 Å². The second kappa shape index (κ2) is 7.65. The van der Waals surface area contributed by atoms with Crippen molar-refractivity contribution in [3.05, 3.63) is 29.8 Å². The number of nitrogens with two attached hydrogens (primary N) is 2. The van der Waals surface area contributed by atoms with Gasteiger partial charge >= 0.3 is 6.09 Å². The van der Waals surface area contributed by atoms with Crippen molar-refractivity contribution in [2.75, 3.05) is 18.8 Å². The lowest BCUT2D eigenvalue weighted by atomic mass is 10.1. The van der Waals surface area contributed by atoms with E-state index in [0.29, 0.717) is 24.3 Å². The summed E-state index contributed by atoms with van der Waals surface area (Å²) in [6, 6.07) is 6.07. The number of hydrogen-bond acceptors (Lipinski definition) is 6. The normalized spacial score (nSPS) is 17.2. The third-order valence-corrected chi connectivity index (χ3v) is 4.73. The van der Waals surface area contributed by atoms with Crippen LogP contribution in [0.2, 0.25) is 0 Å². The van der Waals surface area contributed by atoms with Crippen LogP contribution in [0.5, 0.6) is 5.75 Å². The first-order valence-electron chi connectivity index (χ1n) is 9.52. The predicted octanol–water partition coefficient (Wildman–Crippen LogP) is 2.51. The molecule has 1 aliphatic heterocycles. The fourth-order valence-electron chi connectivity index (χ4n) is 3.44. The summed E-state index contributed by atoms with van der Waals surface area (Å²) in [6.45, 7) is 6.41. The van der Waals surface area contributed by atoms with E-state index in [1.165, 1.54) is 12.1 Å². The van der Waals surface area contributed by atoms with Gasteiger partial charge in [0.15, 0.2) is 0 Å². The number of hydrogen-bond donors (Lipinski definition) is 3. The number of rotatable bonds is 3. The number of carbonyl (C=O) groups is 2. The smallest absolute Gasteiger partial charge is 0.410 e. The summed E-state index contributed by atoms with van der Waals surface area (Å²) in [5, 5.41) is 14.1. The lowest BCUT2D eigenvalue weighted by Gasteiger charge is -2.34. The molecule has 9 nitrogen and oxygen atoms in total. The third kappa shape index (κ3) is 4.44. The number of phenolic OH excluding ortho intramolecular Hbond substituents is 1. The summed E-state index contributed by atoms with van der Waals surface area (Å²) >= 11 is 0. The molecule has 3 rings (SSSR count). The van der Waals surface area contributed by atoms with Gasteiger partial charge in [0.25, 0.3) is 5.91 Å². The number of ether oxygens (including phenoxy) is 1. The molecule has 1 saturated heterocycles.